The molecule has 0 heterocycles. The zero-order valence-corrected chi connectivity index (χ0v) is 13.0. The minimum absolute atomic E-state index is 0.327. The van der Waals surface area contributed by atoms with Gasteiger partial charge in [0, 0.05) is 10.0 Å². The van der Waals surface area contributed by atoms with Gasteiger partial charge in [0.25, 0.3) is 0 Å². The van der Waals surface area contributed by atoms with Crippen LogP contribution in [-0.4, -0.2) is 6.54 Å². The average molecular weight is 340 g/mol. The van der Waals surface area contributed by atoms with Gasteiger partial charge in [-0.2, -0.15) is 0 Å². The molecule has 1 atom stereocenters. The minimum atomic E-state index is -0.821. The lowest BCUT2D eigenvalue weighted by molar-refractivity contribution is 0.482. The maximum Gasteiger partial charge on any atom is 0.163 e. The van der Waals surface area contributed by atoms with Crippen LogP contribution in [0.4, 0.5) is 8.78 Å². The molecule has 2 aromatic rings. The molecule has 0 aliphatic carbocycles. The van der Waals surface area contributed by atoms with E-state index in [9.17, 15) is 8.78 Å². The number of halogens is 3. The standard InChI is InChI=1S/C16H16BrF2N/c1-3-20-16(11-6-4-8-13(17)10(11)2)12-7-5-9-14(18)15(12)19/h4-9,16,20H,3H2,1-2H3. The Morgan fingerprint density at radius 2 is 1.75 bits per heavy atom. The average Bonchev–Trinajstić information content (AvgIpc) is 2.43. The Kier molecular flexibility index (Phi) is 4.89. The van der Waals surface area contributed by atoms with E-state index in [0.29, 0.717) is 12.1 Å². The molecule has 0 aliphatic rings. The van der Waals surface area contributed by atoms with Crippen molar-refractivity contribution >= 4 is 15.9 Å². The summed E-state index contributed by atoms with van der Waals surface area (Å²) in [5.74, 6) is -1.61. The molecule has 0 bridgehead atoms. The first-order valence-corrected chi connectivity index (χ1v) is 7.27. The first-order valence-electron chi connectivity index (χ1n) is 6.48. The van der Waals surface area contributed by atoms with E-state index in [2.05, 4.69) is 21.2 Å². The maximum atomic E-state index is 14.1. The Balaban J connectivity index is 2.56. The molecule has 2 aromatic carbocycles. The molecule has 0 fully saturated rings. The fourth-order valence-corrected chi connectivity index (χ4v) is 2.65. The fraction of sp³-hybridized carbons (Fsp3) is 0.250. The SMILES string of the molecule is CCNC(c1cccc(Br)c1C)c1cccc(F)c1F. The summed E-state index contributed by atoms with van der Waals surface area (Å²) in [4.78, 5) is 0. The van der Waals surface area contributed by atoms with E-state index >= 15 is 0 Å². The second-order valence-electron chi connectivity index (χ2n) is 4.59. The van der Waals surface area contributed by atoms with E-state index in [1.54, 1.807) is 6.07 Å². The van der Waals surface area contributed by atoms with Crippen LogP contribution in [0.2, 0.25) is 0 Å². The third-order valence-corrected chi connectivity index (χ3v) is 4.18. The van der Waals surface area contributed by atoms with Gasteiger partial charge < -0.3 is 5.32 Å². The normalized spacial score (nSPS) is 12.4. The van der Waals surface area contributed by atoms with Crippen molar-refractivity contribution in [1.82, 2.24) is 5.32 Å². The predicted octanol–water partition coefficient (Wildman–Crippen LogP) is 4.73. The van der Waals surface area contributed by atoms with Crippen molar-refractivity contribution in [2.45, 2.75) is 19.9 Å². The summed E-state index contributed by atoms with van der Waals surface area (Å²) in [7, 11) is 0. The molecule has 0 saturated carbocycles. The highest BCUT2D eigenvalue weighted by molar-refractivity contribution is 9.10. The minimum Gasteiger partial charge on any atom is -0.306 e. The second kappa shape index (κ2) is 6.46. The largest absolute Gasteiger partial charge is 0.306 e. The molecule has 0 spiro atoms. The smallest absolute Gasteiger partial charge is 0.163 e. The molecule has 1 unspecified atom stereocenters. The van der Waals surface area contributed by atoms with Crippen LogP contribution in [0.1, 0.15) is 29.7 Å². The molecule has 4 heteroatoms. The summed E-state index contributed by atoms with van der Waals surface area (Å²) in [6.07, 6.45) is 0. The Morgan fingerprint density at radius 1 is 1.10 bits per heavy atom. The zero-order valence-electron chi connectivity index (χ0n) is 11.4. The van der Waals surface area contributed by atoms with Crippen molar-refractivity contribution in [2.24, 2.45) is 0 Å². The molecule has 1 N–H and O–H groups in total. The van der Waals surface area contributed by atoms with Gasteiger partial charge in [0.2, 0.25) is 0 Å². The van der Waals surface area contributed by atoms with Crippen molar-refractivity contribution < 1.29 is 8.78 Å². The molecular formula is C16H16BrF2N. The number of benzene rings is 2. The summed E-state index contributed by atoms with van der Waals surface area (Å²) >= 11 is 3.48. The van der Waals surface area contributed by atoms with Crippen LogP contribution in [-0.2, 0) is 0 Å². The molecule has 0 radical (unpaired) electrons. The lowest BCUT2D eigenvalue weighted by Gasteiger charge is -2.22. The number of hydrogen-bond donors (Lipinski definition) is 1. The van der Waals surface area contributed by atoms with Gasteiger partial charge in [-0.1, -0.05) is 47.1 Å². The molecule has 106 valence electrons. The summed E-state index contributed by atoms with van der Waals surface area (Å²) < 4.78 is 28.5. The van der Waals surface area contributed by atoms with Gasteiger partial charge in [-0.25, -0.2) is 8.78 Å². The van der Waals surface area contributed by atoms with E-state index in [1.165, 1.54) is 6.07 Å². The number of hydrogen-bond acceptors (Lipinski definition) is 1. The van der Waals surface area contributed by atoms with E-state index in [0.717, 1.165) is 21.7 Å². The van der Waals surface area contributed by atoms with Crippen LogP contribution in [0.15, 0.2) is 40.9 Å². The molecule has 0 aromatic heterocycles. The van der Waals surface area contributed by atoms with Crippen molar-refractivity contribution in [3.63, 3.8) is 0 Å². The fourth-order valence-electron chi connectivity index (χ4n) is 2.27. The van der Waals surface area contributed by atoms with E-state index in [-0.39, 0.29) is 6.04 Å². The van der Waals surface area contributed by atoms with Gasteiger partial charge in [0.05, 0.1) is 6.04 Å². The van der Waals surface area contributed by atoms with Gasteiger partial charge >= 0.3 is 0 Å². The molecule has 1 nitrogen and oxygen atoms in total. The molecule has 20 heavy (non-hydrogen) atoms. The highest BCUT2D eigenvalue weighted by Crippen LogP contribution is 2.30. The van der Waals surface area contributed by atoms with Crippen LogP contribution in [0.25, 0.3) is 0 Å². The quantitative estimate of drug-likeness (QED) is 0.848. The molecular weight excluding hydrogens is 324 g/mol. The molecule has 0 aliphatic heterocycles. The predicted molar refractivity (Wildman–Crippen MR) is 80.8 cm³/mol. The van der Waals surface area contributed by atoms with Crippen molar-refractivity contribution in [2.75, 3.05) is 6.54 Å². The zero-order chi connectivity index (χ0) is 14.7. The van der Waals surface area contributed by atoms with Crippen molar-refractivity contribution in [3.05, 3.63) is 69.2 Å². The van der Waals surface area contributed by atoms with Crippen LogP contribution in [0, 0.1) is 18.6 Å². The molecule has 2 rings (SSSR count). The van der Waals surface area contributed by atoms with Crippen LogP contribution in [0.5, 0.6) is 0 Å². The van der Waals surface area contributed by atoms with Crippen molar-refractivity contribution in [3.8, 4) is 0 Å². The highest BCUT2D eigenvalue weighted by Gasteiger charge is 2.21. The second-order valence-corrected chi connectivity index (χ2v) is 5.44. The summed E-state index contributed by atoms with van der Waals surface area (Å²) in [5.41, 5.74) is 2.28. The monoisotopic (exact) mass is 339 g/mol. The van der Waals surface area contributed by atoms with E-state index in [1.807, 2.05) is 32.0 Å². The number of nitrogens with one attached hydrogen (secondary N) is 1. The Hall–Kier alpha value is -1.26. The maximum absolute atomic E-state index is 14.1. The first-order chi connectivity index (χ1) is 9.56. The van der Waals surface area contributed by atoms with E-state index in [4.69, 9.17) is 0 Å². The molecule has 0 amide bonds. The van der Waals surface area contributed by atoms with Gasteiger partial charge in [-0.15, -0.1) is 0 Å². The topological polar surface area (TPSA) is 12.0 Å². The lowest BCUT2D eigenvalue weighted by Crippen LogP contribution is -2.24. The van der Waals surface area contributed by atoms with Crippen molar-refractivity contribution in [1.29, 1.82) is 0 Å². The van der Waals surface area contributed by atoms with E-state index < -0.39 is 11.6 Å². The Bertz CT molecular complexity index is 562. The van der Waals surface area contributed by atoms with Crippen LogP contribution in [0.3, 0.4) is 0 Å². The third kappa shape index (κ3) is 2.91. The van der Waals surface area contributed by atoms with Crippen LogP contribution >= 0.6 is 15.9 Å². The van der Waals surface area contributed by atoms with Crippen LogP contribution < -0.4 is 5.32 Å². The first kappa shape index (κ1) is 15.1. The summed E-state index contributed by atoms with van der Waals surface area (Å²) in [6.45, 7) is 4.56. The summed E-state index contributed by atoms with van der Waals surface area (Å²) in [6, 6.07) is 9.68. The summed E-state index contributed by atoms with van der Waals surface area (Å²) in [5, 5.41) is 3.22. The highest BCUT2D eigenvalue weighted by atomic mass is 79.9. The third-order valence-electron chi connectivity index (χ3n) is 3.32. The Morgan fingerprint density at radius 3 is 2.45 bits per heavy atom. The Labute approximate surface area is 126 Å². The lowest BCUT2D eigenvalue weighted by atomic mass is 9.94. The van der Waals surface area contributed by atoms with Gasteiger partial charge in [-0.05, 0) is 36.7 Å². The van der Waals surface area contributed by atoms with Gasteiger partial charge in [0.15, 0.2) is 11.6 Å². The van der Waals surface area contributed by atoms with Gasteiger partial charge in [-0.3, -0.25) is 0 Å². The number of rotatable bonds is 4. The molecule has 0 saturated heterocycles. The van der Waals surface area contributed by atoms with Gasteiger partial charge in [0.1, 0.15) is 0 Å².